The molecule has 0 spiro atoms. The number of phenols is 1. The number of carbonyl (C=O) groups is 2. The first-order valence-electron chi connectivity index (χ1n) is 6.00. The lowest BCUT2D eigenvalue weighted by Gasteiger charge is -2.10. The van der Waals surface area contributed by atoms with Crippen molar-refractivity contribution in [1.29, 1.82) is 0 Å². The van der Waals surface area contributed by atoms with Crippen molar-refractivity contribution >= 4 is 11.8 Å². The molecule has 1 heterocycles. The molecule has 1 fully saturated rings. The van der Waals surface area contributed by atoms with Crippen molar-refractivity contribution in [3.05, 3.63) is 29.8 Å². The molecule has 1 atom stereocenters. The second-order valence-corrected chi connectivity index (χ2v) is 4.37. The molecule has 0 radical (unpaired) electrons. The number of nitrogens with one attached hydrogen (secondary N) is 2. The molecule has 0 aliphatic carbocycles. The van der Waals surface area contributed by atoms with Gasteiger partial charge in [-0.3, -0.25) is 9.59 Å². The van der Waals surface area contributed by atoms with Crippen molar-refractivity contribution < 1.29 is 14.7 Å². The van der Waals surface area contributed by atoms with Crippen LogP contribution in [0.2, 0.25) is 0 Å². The van der Waals surface area contributed by atoms with Gasteiger partial charge in [-0.2, -0.15) is 0 Å². The van der Waals surface area contributed by atoms with E-state index < -0.39 is 0 Å². The zero-order valence-electron chi connectivity index (χ0n) is 9.98. The molecular weight excluding hydrogens is 232 g/mol. The Morgan fingerprint density at radius 1 is 1.39 bits per heavy atom. The summed E-state index contributed by atoms with van der Waals surface area (Å²) >= 11 is 0. The van der Waals surface area contributed by atoms with E-state index in [4.69, 9.17) is 5.11 Å². The minimum Gasteiger partial charge on any atom is -0.508 e. The molecular formula is C13H16N2O3. The van der Waals surface area contributed by atoms with Crippen molar-refractivity contribution in [1.82, 2.24) is 10.6 Å². The zero-order valence-corrected chi connectivity index (χ0v) is 9.98. The first kappa shape index (κ1) is 12.4. The molecule has 1 aliphatic heterocycles. The van der Waals surface area contributed by atoms with E-state index in [0.29, 0.717) is 25.8 Å². The van der Waals surface area contributed by atoms with Gasteiger partial charge in [0, 0.05) is 13.0 Å². The molecule has 1 aromatic carbocycles. The van der Waals surface area contributed by atoms with Gasteiger partial charge in [0.15, 0.2) is 0 Å². The third-order valence-electron chi connectivity index (χ3n) is 2.96. The Morgan fingerprint density at radius 2 is 2.11 bits per heavy atom. The number of benzene rings is 1. The highest BCUT2D eigenvalue weighted by Gasteiger charge is 2.26. The number of carbonyl (C=O) groups excluding carboxylic acids is 2. The molecule has 1 aromatic rings. The van der Waals surface area contributed by atoms with Crippen molar-refractivity contribution in [2.45, 2.75) is 25.3 Å². The summed E-state index contributed by atoms with van der Waals surface area (Å²) in [5.41, 5.74) is 1.04. The van der Waals surface area contributed by atoms with E-state index in [0.717, 1.165) is 5.56 Å². The molecule has 2 amide bonds. The van der Waals surface area contributed by atoms with E-state index in [9.17, 15) is 9.59 Å². The minimum atomic E-state index is -0.377. The lowest BCUT2D eigenvalue weighted by Crippen LogP contribution is -2.42. The van der Waals surface area contributed by atoms with Crippen molar-refractivity contribution in [2.24, 2.45) is 0 Å². The van der Waals surface area contributed by atoms with Gasteiger partial charge in [-0.1, -0.05) is 12.1 Å². The van der Waals surface area contributed by atoms with Crippen LogP contribution in [-0.4, -0.2) is 29.5 Å². The monoisotopic (exact) mass is 248 g/mol. The van der Waals surface area contributed by atoms with Crippen LogP contribution in [0, 0.1) is 0 Å². The second kappa shape index (κ2) is 5.53. The molecule has 0 bridgehead atoms. The Balaban J connectivity index is 1.73. The van der Waals surface area contributed by atoms with Gasteiger partial charge in [-0.25, -0.2) is 0 Å². The van der Waals surface area contributed by atoms with Gasteiger partial charge < -0.3 is 15.7 Å². The second-order valence-electron chi connectivity index (χ2n) is 4.37. The summed E-state index contributed by atoms with van der Waals surface area (Å²) in [6.07, 6.45) is 1.70. The van der Waals surface area contributed by atoms with Crippen molar-refractivity contribution in [2.75, 3.05) is 6.54 Å². The standard InChI is InChI=1S/C13H16N2O3/c16-10-3-1-9(2-4-10)7-8-14-13(18)11-5-6-12(17)15-11/h1-4,11,16H,5-8H2,(H,14,18)(H,15,17)/t11-/m0/s1. The topological polar surface area (TPSA) is 78.4 Å². The first-order valence-corrected chi connectivity index (χ1v) is 6.00. The van der Waals surface area contributed by atoms with Crippen LogP contribution in [0.1, 0.15) is 18.4 Å². The molecule has 5 heteroatoms. The molecule has 2 rings (SSSR count). The van der Waals surface area contributed by atoms with Crippen LogP contribution in [0.5, 0.6) is 5.75 Å². The van der Waals surface area contributed by atoms with Gasteiger partial charge in [0.2, 0.25) is 11.8 Å². The predicted molar refractivity (Wildman–Crippen MR) is 66.0 cm³/mol. The van der Waals surface area contributed by atoms with E-state index in [-0.39, 0.29) is 23.6 Å². The summed E-state index contributed by atoms with van der Waals surface area (Å²) in [6, 6.07) is 6.50. The van der Waals surface area contributed by atoms with E-state index in [1.54, 1.807) is 12.1 Å². The molecule has 18 heavy (non-hydrogen) atoms. The van der Waals surface area contributed by atoms with E-state index in [1.165, 1.54) is 0 Å². The van der Waals surface area contributed by atoms with Crippen LogP contribution in [0.15, 0.2) is 24.3 Å². The lowest BCUT2D eigenvalue weighted by atomic mass is 10.1. The lowest BCUT2D eigenvalue weighted by molar-refractivity contribution is -0.125. The first-order chi connectivity index (χ1) is 8.65. The fourth-order valence-electron chi connectivity index (χ4n) is 1.93. The van der Waals surface area contributed by atoms with Gasteiger partial charge >= 0.3 is 0 Å². The van der Waals surface area contributed by atoms with Gasteiger partial charge in [0.1, 0.15) is 11.8 Å². The average molecular weight is 248 g/mol. The molecule has 5 nitrogen and oxygen atoms in total. The SMILES string of the molecule is O=C1CC[C@@H](C(=O)NCCc2ccc(O)cc2)N1. The smallest absolute Gasteiger partial charge is 0.242 e. The molecule has 1 saturated heterocycles. The number of rotatable bonds is 4. The van der Waals surface area contributed by atoms with Crippen LogP contribution >= 0.6 is 0 Å². The Hall–Kier alpha value is -2.04. The summed E-state index contributed by atoms with van der Waals surface area (Å²) in [5.74, 6) is 0.0461. The third-order valence-corrected chi connectivity index (χ3v) is 2.96. The highest BCUT2D eigenvalue weighted by atomic mass is 16.3. The Kier molecular flexibility index (Phi) is 3.82. The Bertz CT molecular complexity index is 442. The fourth-order valence-corrected chi connectivity index (χ4v) is 1.93. The number of hydrogen-bond acceptors (Lipinski definition) is 3. The highest BCUT2D eigenvalue weighted by Crippen LogP contribution is 2.10. The maximum absolute atomic E-state index is 11.7. The molecule has 0 aromatic heterocycles. The summed E-state index contributed by atoms with van der Waals surface area (Å²) < 4.78 is 0. The number of amides is 2. The Labute approximate surface area is 105 Å². The summed E-state index contributed by atoms with van der Waals surface area (Å²) in [6.45, 7) is 0.524. The average Bonchev–Trinajstić information content (AvgIpc) is 2.78. The minimum absolute atomic E-state index is 0.0614. The van der Waals surface area contributed by atoms with Crippen molar-refractivity contribution in [3.63, 3.8) is 0 Å². The summed E-state index contributed by atoms with van der Waals surface area (Å²) in [4.78, 5) is 22.6. The van der Waals surface area contributed by atoms with E-state index in [2.05, 4.69) is 10.6 Å². The highest BCUT2D eigenvalue weighted by molar-refractivity contribution is 5.90. The van der Waals surface area contributed by atoms with Gasteiger partial charge in [-0.05, 0) is 30.5 Å². The maximum atomic E-state index is 11.7. The normalized spacial score (nSPS) is 18.4. The molecule has 3 N–H and O–H groups in total. The maximum Gasteiger partial charge on any atom is 0.242 e. The Morgan fingerprint density at radius 3 is 2.72 bits per heavy atom. The quantitative estimate of drug-likeness (QED) is 0.718. The van der Waals surface area contributed by atoms with Gasteiger partial charge in [-0.15, -0.1) is 0 Å². The number of aromatic hydroxyl groups is 1. The number of hydrogen-bond donors (Lipinski definition) is 3. The number of phenolic OH excluding ortho intramolecular Hbond substituents is 1. The van der Waals surface area contributed by atoms with Crippen LogP contribution in [0.25, 0.3) is 0 Å². The fraction of sp³-hybridized carbons (Fsp3) is 0.385. The molecule has 96 valence electrons. The summed E-state index contributed by atoms with van der Waals surface area (Å²) in [7, 11) is 0. The van der Waals surface area contributed by atoms with Crippen LogP contribution in [0.3, 0.4) is 0 Å². The zero-order chi connectivity index (χ0) is 13.0. The molecule has 1 aliphatic rings. The van der Waals surface area contributed by atoms with Crippen LogP contribution in [-0.2, 0) is 16.0 Å². The van der Waals surface area contributed by atoms with Gasteiger partial charge in [0.25, 0.3) is 0 Å². The van der Waals surface area contributed by atoms with Crippen LogP contribution < -0.4 is 10.6 Å². The van der Waals surface area contributed by atoms with Crippen LogP contribution in [0.4, 0.5) is 0 Å². The van der Waals surface area contributed by atoms with Crippen molar-refractivity contribution in [3.8, 4) is 5.75 Å². The van der Waals surface area contributed by atoms with Gasteiger partial charge in [0.05, 0.1) is 0 Å². The predicted octanol–water partition coefficient (Wildman–Crippen LogP) is 0.329. The molecule has 0 unspecified atom stereocenters. The largest absolute Gasteiger partial charge is 0.508 e. The third kappa shape index (κ3) is 3.23. The summed E-state index contributed by atoms with van der Waals surface area (Å²) in [5, 5.41) is 14.5. The molecule has 0 saturated carbocycles. The van der Waals surface area contributed by atoms with E-state index in [1.807, 2.05) is 12.1 Å². The van der Waals surface area contributed by atoms with E-state index >= 15 is 0 Å².